The molecule has 2 aromatic carbocycles. The fourth-order valence-electron chi connectivity index (χ4n) is 2.11. The number of benzene rings is 2. The average Bonchev–Trinajstić information content (AvgIpc) is 2.57. The third-order valence-electron chi connectivity index (χ3n) is 3.71. The lowest BCUT2D eigenvalue weighted by Crippen LogP contribution is -2.38. The van der Waals surface area contributed by atoms with E-state index in [1.807, 2.05) is 32.0 Å². The molecule has 0 aliphatic heterocycles. The summed E-state index contributed by atoms with van der Waals surface area (Å²) in [5.41, 5.74) is 2.14. The molecular formula is C19H22FNO3. The molecule has 128 valence electrons. The number of carbonyl (C=O) groups excluding carboxylic acids is 1. The van der Waals surface area contributed by atoms with E-state index in [1.54, 1.807) is 19.1 Å². The molecule has 0 saturated heterocycles. The van der Waals surface area contributed by atoms with Crippen molar-refractivity contribution in [2.45, 2.75) is 26.9 Å². The van der Waals surface area contributed by atoms with E-state index in [0.717, 1.165) is 11.1 Å². The lowest BCUT2D eigenvalue weighted by Gasteiger charge is -2.17. The first-order valence-electron chi connectivity index (χ1n) is 7.86. The minimum atomic E-state index is -0.601. The first-order chi connectivity index (χ1) is 11.5. The molecule has 5 heteroatoms. The van der Waals surface area contributed by atoms with Gasteiger partial charge in [-0.2, -0.15) is 0 Å². The largest absolute Gasteiger partial charge is 0.492 e. The molecule has 0 aliphatic rings. The van der Waals surface area contributed by atoms with Crippen LogP contribution in [0, 0.1) is 19.7 Å². The molecule has 2 aromatic rings. The molecule has 0 spiro atoms. The summed E-state index contributed by atoms with van der Waals surface area (Å²) in [5, 5.41) is 2.76. The number of carbonyl (C=O) groups is 1. The Morgan fingerprint density at radius 1 is 1.17 bits per heavy atom. The minimum absolute atomic E-state index is 0.210. The van der Waals surface area contributed by atoms with E-state index < -0.39 is 6.10 Å². The SMILES string of the molecule is Cc1cccc(O[C@H](C)C(=O)NCCOc2ccc(F)cc2)c1C. The molecular weight excluding hydrogens is 309 g/mol. The maximum Gasteiger partial charge on any atom is 0.260 e. The maximum atomic E-state index is 12.8. The highest BCUT2D eigenvalue weighted by molar-refractivity contribution is 5.80. The van der Waals surface area contributed by atoms with Crippen LogP contribution in [0.2, 0.25) is 0 Å². The first kappa shape index (κ1) is 17.8. The summed E-state index contributed by atoms with van der Waals surface area (Å²) in [7, 11) is 0. The predicted octanol–water partition coefficient (Wildman–Crippen LogP) is 3.41. The summed E-state index contributed by atoms with van der Waals surface area (Å²) < 4.78 is 23.9. The van der Waals surface area contributed by atoms with Crippen LogP contribution in [0.5, 0.6) is 11.5 Å². The molecule has 0 unspecified atom stereocenters. The third-order valence-corrected chi connectivity index (χ3v) is 3.71. The standard InChI is InChI=1S/C19H22FNO3/c1-13-5-4-6-18(14(13)2)24-15(3)19(22)21-11-12-23-17-9-7-16(20)8-10-17/h4-10,15H,11-12H2,1-3H3,(H,21,22)/t15-/m1/s1. The topological polar surface area (TPSA) is 47.6 Å². The Hall–Kier alpha value is -2.56. The highest BCUT2D eigenvalue weighted by atomic mass is 19.1. The highest BCUT2D eigenvalue weighted by Crippen LogP contribution is 2.21. The second-order valence-electron chi connectivity index (χ2n) is 5.55. The van der Waals surface area contributed by atoms with Crippen molar-refractivity contribution in [1.82, 2.24) is 5.32 Å². The van der Waals surface area contributed by atoms with Crippen LogP contribution >= 0.6 is 0 Å². The van der Waals surface area contributed by atoms with Gasteiger partial charge in [-0.25, -0.2) is 4.39 Å². The molecule has 2 rings (SSSR count). The number of halogens is 1. The molecule has 0 radical (unpaired) electrons. The minimum Gasteiger partial charge on any atom is -0.492 e. The number of nitrogens with one attached hydrogen (secondary N) is 1. The number of hydrogen-bond donors (Lipinski definition) is 1. The molecule has 1 atom stereocenters. The van der Waals surface area contributed by atoms with E-state index in [1.165, 1.54) is 12.1 Å². The van der Waals surface area contributed by atoms with Crippen LogP contribution in [0.3, 0.4) is 0 Å². The fourth-order valence-corrected chi connectivity index (χ4v) is 2.11. The van der Waals surface area contributed by atoms with Gasteiger partial charge in [-0.3, -0.25) is 4.79 Å². The van der Waals surface area contributed by atoms with Gasteiger partial charge >= 0.3 is 0 Å². The Bertz CT molecular complexity index is 686. The molecule has 24 heavy (non-hydrogen) atoms. The van der Waals surface area contributed by atoms with Gasteiger partial charge < -0.3 is 14.8 Å². The van der Waals surface area contributed by atoms with Crippen molar-refractivity contribution < 1.29 is 18.7 Å². The Morgan fingerprint density at radius 3 is 2.58 bits per heavy atom. The summed E-state index contributed by atoms with van der Waals surface area (Å²) in [6.45, 7) is 6.31. The number of amides is 1. The summed E-state index contributed by atoms with van der Waals surface area (Å²) in [6.07, 6.45) is -0.601. The van der Waals surface area contributed by atoms with Gasteiger partial charge in [-0.1, -0.05) is 12.1 Å². The van der Waals surface area contributed by atoms with Crippen molar-refractivity contribution in [2.75, 3.05) is 13.2 Å². The summed E-state index contributed by atoms with van der Waals surface area (Å²) >= 11 is 0. The van der Waals surface area contributed by atoms with Gasteiger partial charge in [0.25, 0.3) is 5.91 Å². The lowest BCUT2D eigenvalue weighted by atomic mass is 10.1. The van der Waals surface area contributed by atoms with Crippen LogP contribution in [-0.4, -0.2) is 25.2 Å². The van der Waals surface area contributed by atoms with Crippen molar-refractivity contribution in [3.05, 3.63) is 59.4 Å². The molecule has 4 nitrogen and oxygen atoms in total. The zero-order valence-corrected chi connectivity index (χ0v) is 14.1. The van der Waals surface area contributed by atoms with E-state index in [4.69, 9.17) is 9.47 Å². The van der Waals surface area contributed by atoms with Crippen LogP contribution in [0.25, 0.3) is 0 Å². The van der Waals surface area contributed by atoms with Crippen molar-refractivity contribution in [1.29, 1.82) is 0 Å². The van der Waals surface area contributed by atoms with E-state index in [9.17, 15) is 9.18 Å². The Balaban J connectivity index is 1.75. The first-order valence-corrected chi connectivity index (χ1v) is 7.86. The van der Waals surface area contributed by atoms with Gasteiger partial charge in [0.1, 0.15) is 23.9 Å². The number of hydrogen-bond acceptors (Lipinski definition) is 3. The van der Waals surface area contributed by atoms with Crippen molar-refractivity contribution >= 4 is 5.91 Å². The zero-order valence-electron chi connectivity index (χ0n) is 14.1. The van der Waals surface area contributed by atoms with Gasteiger partial charge in [0.15, 0.2) is 6.10 Å². The van der Waals surface area contributed by atoms with Gasteiger partial charge in [0, 0.05) is 0 Å². The lowest BCUT2D eigenvalue weighted by molar-refractivity contribution is -0.127. The van der Waals surface area contributed by atoms with Crippen molar-refractivity contribution in [3.8, 4) is 11.5 Å². The van der Waals surface area contributed by atoms with Crippen molar-refractivity contribution in [3.63, 3.8) is 0 Å². The van der Waals surface area contributed by atoms with E-state index in [0.29, 0.717) is 24.7 Å². The molecule has 1 amide bonds. The zero-order chi connectivity index (χ0) is 17.5. The van der Waals surface area contributed by atoms with E-state index in [2.05, 4.69) is 5.32 Å². The molecule has 0 saturated carbocycles. The van der Waals surface area contributed by atoms with E-state index in [-0.39, 0.29) is 11.7 Å². The van der Waals surface area contributed by atoms with Crippen LogP contribution in [-0.2, 0) is 4.79 Å². The van der Waals surface area contributed by atoms with E-state index >= 15 is 0 Å². The van der Waals surface area contributed by atoms with Crippen molar-refractivity contribution in [2.24, 2.45) is 0 Å². The molecule has 0 fully saturated rings. The fraction of sp³-hybridized carbons (Fsp3) is 0.316. The Labute approximate surface area is 141 Å². The second kappa shape index (κ2) is 8.34. The Morgan fingerprint density at radius 2 is 1.88 bits per heavy atom. The molecule has 0 heterocycles. The normalized spacial score (nSPS) is 11.7. The number of rotatable bonds is 7. The van der Waals surface area contributed by atoms with Gasteiger partial charge in [0.2, 0.25) is 0 Å². The monoisotopic (exact) mass is 331 g/mol. The number of aryl methyl sites for hydroxylation is 1. The third kappa shape index (κ3) is 4.98. The summed E-state index contributed by atoms with van der Waals surface area (Å²) in [4.78, 5) is 12.1. The highest BCUT2D eigenvalue weighted by Gasteiger charge is 2.15. The average molecular weight is 331 g/mol. The number of ether oxygens (including phenoxy) is 2. The summed E-state index contributed by atoms with van der Waals surface area (Å²) in [6, 6.07) is 11.5. The maximum absolute atomic E-state index is 12.8. The predicted molar refractivity (Wildman–Crippen MR) is 90.9 cm³/mol. The quantitative estimate of drug-likeness (QED) is 0.791. The molecule has 0 bridgehead atoms. The van der Waals surface area contributed by atoms with Gasteiger partial charge in [0.05, 0.1) is 6.54 Å². The smallest absolute Gasteiger partial charge is 0.260 e. The van der Waals surface area contributed by atoms with Crippen LogP contribution in [0.1, 0.15) is 18.1 Å². The van der Waals surface area contributed by atoms with Gasteiger partial charge in [-0.05, 0) is 62.2 Å². The van der Waals surface area contributed by atoms with Gasteiger partial charge in [-0.15, -0.1) is 0 Å². The van der Waals surface area contributed by atoms with Crippen LogP contribution in [0.4, 0.5) is 4.39 Å². The van der Waals surface area contributed by atoms with Crippen LogP contribution < -0.4 is 14.8 Å². The molecule has 0 aliphatic carbocycles. The van der Waals surface area contributed by atoms with Crippen LogP contribution in [0.15, 0.2) is 42.5 Å². The molecule has 0 aromatic heterocycles. The second-order valence-corrected chi connectivity index (χ2v) is 5.55. The summed E-state index contributed by atoms with van der Waals surface area (Å²) in [5.74, 6) is 0.747. The molecule has 1 N–H and O–H groups in total. The Kier molecular flexibility index (Phi) is 6.18.